The van der Waals surface area contributed by atoms with Crippen LogP contribution in [0.1, 0.15) is 18.4 Å². The molecule has 1 fully saturated rings. The molecular formula is C16H20N4. The van der Waals surface area contributed by atoms with Crippen molar-refractivity contribution in [2.24, 2.45) is 0 Å². The van der Waals surface area contributed by atoms with E-state index < -0.39 is 0 Å². The Morgan fingerprint density at radius 2 is 2.30 bits per heavy atom. The molecule has 0 bridgehead atoms. The maximum absolute atomic E-state index is 6.05. The third-order valence-corrected chi connectivity index (χ3v) is 4.64. The van der Waals surface area contributed by atoms with Gasteiger partial charge in [-0.15, -0.1) is 0 Å². The van der Waals surface area contributed by atoms with Crippen LogP contribution in [0.4, 0.5) is 11.5 Å². The van der Waals surface area contributed by atoms with Crippen LogP contribution in [0, 0.1) is 0 Å². The normalized spacial score (nSPS) is 22.2. The Labute approximate surface area is 119 Å². The van der Waals surface area contributed by atoms with Crippen LogP contribution in [0.25, 0.3) is 10.8 Å². The van der Waals surface area contributed by atoms with E-state index in [9.17, 15) is 0 Å². The van der Waals surface area contributed by atoms with Crippen molar-refractivity contribution in [2.45, 2.75) is 25.3 Å². The molecule has 4 heteroatoms. The number of nitrogens with one attached hydrogen (secondary N) is 1. The largest absolute Gasteiger partial charge is 0.383 e. The lowest BCUT2D eigenvalue weighted by atomic mass is 9.95. The Bertz CT molecular complexity index is 646. The van der Waals surface area contributed by atoms with Crippen LogP contribution >= 0.6 is 0 Å². The summed E-state index contributed by atoms with van der Waals surface area (Å²) in [6, 6.07) is 7.04. The van der Waals surface area contributed by atoms with E-state index in [1.165, 1.54) is 29.5 Å². The maximum Gasteiger partial charge on any atom is 0.131 e. The number of nitrogens with two attached hydrogens (primary N) is 1. The highest BCUT2D eigenvalue weighted by Crippen LogP contribution is 2.37. The second-order valence-electron chi connectivity index (χ2n) is 5.81. The lowest BCUT2D eigenvalue weighted by Gasteiger charge is -2.39. The lowest BCUT2D eigenvalue weighted by Crippen LogP contribution is -2.48. The fourth-order valence-electron chi connectivity index (χ4n) is 3.64. The molecule has 1 saturated heterocycles. The van der Waals surface area contributed by atoms with Gasteiger partial charge in [-0.1, -0.05) is 12.1 Å². The van der Waals surface area contributed by atoms with Crippen molar-refractivity contribution >= 4 is 22.3 Å². The van der Waals surface area contributed by atoms with E-state index in [2.05, 4.69) is 33.4 Å². The summed E-state index contributed by atoms with van der Waals surface area (Å²) in [5.74, 6) is 0.647. The van der Waals surface area contributed by atoms with Crippen LogP contribution in [-0.2, 0) is 6.42 Å². The Morgan fingerprint density at radius 1 is 1.35 bits per heavy atom. The Hall–Kier alpha value is -1.81. The van der Waals surface area contributed by atoms with Gasteiger partial charge in [0.1, 0.15) is 5.82 Å². The van der Waals surface area contributed by atoms with E-state index in [0.717, 1.165) is 31.4 Å². The summed E-state index contributed by atoms with van der Waals surface area (Å²) in [6.45, 7) is 3.33. The average molecular weight is 268 g/mol. The Morgan fingerprint density at radius 3 is 3.15 bits per heavy atom. The molecule has 20 heavy (non-hydrogen) atoms. The highest BCUT2D eigenvalue weighted by molar-refractivity contribution is 6.02. The van der Waals surface area contributed by atoms with Gasteiger partial charge in [-0.05, 0) is 37.4 Å². The van der Waals surface area contributed by atoms with Crippen molar-refractivity contribution < 1.29 is 0 Å². The zero-order valence-electron chi connectivity index (χ0n) is 11.6. The summed E-state index contributed by atoms with van der Waals surface area (Å²) in [7, 11) is 0. The third-order valence-electron chi connectivity index (χ3n) is 4.64. The molecule has 2 aromatic rings. The van der Waals surface area contributed by atoms with Crippen molar-refractivity contribution in [3.8, 4) is 0 Å². The fourth-order valence-corrected chi connectivity index (χ4v) is 3.64. The number of benzene rings is 1. The first-order valence-corrected chi connectivity index (χ1v) is 7.48. The van der Waals surface area contributed by atoms with Gasteiger partial charge in [-0.25, -0.2) is 4.98 Å². The van der Waals surface area contributed by atoms with Crippen molar-refractivity contribution in [3.05, 3.63) is 30.0 Å². The number of hydrogen-bond donors (Lipinski definition) is 2. The minimum atomic E-state index is 0.608. The maximum atomic E-state index is 6.05. The van der Waals surface area contributed by atoms with Crippen molar-refractivity contribution in [3.63, 3.8) is 0 Å². The molecule has 0 aliphatic carbocycles. The van der Waals surface area contributed by atoms with E-state index in [-0.39, 0.29) is 0 Å². The molecule has 0 radical (unpaired) electrons. The first kappa shape index (κ1) is 12.0. The third kappa shape index (κ3) is 1.75. The second-order valence-corrected chi connectivity index (χ2v) is 5.81. The van der Waals surface area contributed by atoms with Gasteiger partial charge in [0.25, 0.3) is 0 Å². The van der Waals surface area contributed by atoms with Crippen LogP contribution in [-0.4, -0.2) is 30.7 Å². The SMILES string of the molecule is Nc1ncc2c3c(cccc13)N(C1CCCNC1)CC2. The molecule has 0 amide bonds. The van der Waals surface area contributed by atoms with Gasteiger partial charge in [-0.2, -0.15) is 0 Å². The summed E-state index contributed by atoms with van der Waals surface area (Å²) < 4.78 is 0. The highest BCUT2D eigenvalue weighted by atomic mass is 15.2. The van der Waals surface area contributed by atoms with Crippen LogP contribution in [0.15, 0.2) is 24.4 Å². The number of pyridine rings is 1. The summed E-state index contributed by atoms with van der Waals surface area (Å²) >= 11 is 0. The molecule has 1 aromatic heterocycles. The van der Waals surface area contributed by atoms with Gasteiger partial charge in [0.2, 0.25) is 0 Å². The number of anilines is 2. The predicted octanol–water partition coefficient (Wildman–Crippen LogP) is 1.93. The van der Waals surface area contributed by atoms with E-state index in [4.69, 9.17) is 5.73 Å². The first-order chi connectivity index (χ1) is 9.84. The topological polar surface area (TPSA) is 54.2 Å². The van der Waals surface area contributed by atoms with Crippen molar-refractivity contribution in [1.29, 1.82) is 0 Å². The van der Waals surface area contributed by atoms with E-state index in [0.29, 0.717) is 11.9 Å². The standard InChI is InChI=1S/C16H20N4/c17-16-13-4-1-5-14-15(13)11(9-19-16)6-8-20(14)12-3-2-7-18-10-12/h1,4-5,9,12,18H,2-3,6-8,10H2,(H2,17,19). The molecule has 1 aromatic carbocycles. The Kier molecular flexibility index (Phi) is 2.77. The zero-order chi connectivity index (χ0) is 13.5. The first-order valence-electron chi connectivity index (χ1n) is 7.48. The van der Waals surface area contributed by atoms with E-state index >= 15 is 0 Å². The molecule has 104 valence electrons. The van der Waals surface area contributed by atoms with E-state index in [1.54, 1.807) is 0 Å². The van der Waals surface area contributed by atoms with Gasteiger partial charge in [0.05, 0.1) is 0 Å². The summed E-state index contributed by atoms with van der Waals surface area (Å²) in [5, 5.41) is 5.94. The van der Waals surface area contributed by atoms with Gasteiger partial charge < -0.3 is 16.0 Å². The zero-order valence-corrected chi connectivity index (χ0v) is 11.6. The number of nitrogen functional groups attached to an aromatic ring is 1. The molecular weight excluding hydrogens is 248 g/mol. The quantitative estimate of drug-likeness (QED) is 0.830. The smallest absolute Gasteiger partial charge is 0.131 e. The molecule has 1 atom stereocenters. The number of piperidine rings is 1. The van der Waals surface area contributed by atoms with Crippen LogP contribution in [0.5, 0.6) is 0 Å². The predicted molar refractivity (Wildman–Crippen MR) is 83.1 cm³/mol. The number of hydrogen-bond acceptors (Lipinski definition) is 4. The summed E-state index contributed by atoms with van der Waals surface area (Å²) in [5.41, 5.74) is 8.73. The Balaban J connectivity index is 1.85. The molecule has 3 heterocycles. The molecule has 0 saturated carbocycles. The number of rotatable bonds is 1. The fraction of sp³-hybridized carbons (Fsp3) is 0.438. The molecule has 3 N–H and O–H groups in total. The summed E-state index contributed by atoms with van der Waals surface area (Å²) in [4.78, 5) is 6.91. The van der Waals surface area contributed by atoms with Crippen molar-refractivity contribution in [2.75, 3.05) is 30.3 Å². The minimum Gasteiger partial charge on any atom is -0.383 e. The average Bonchev–Trinajstić information content (AvgIpc) is 2.52. The van der Waals surface area contributed by atoms with Crippen LogP contribution < -0.4 is 16.0 Å². The number of nitrogens with zero attached hydrogens (tertiary/aromatic N) is 2. The summed E-state index contributed by atoms with van der Waals surface area (Å²) in [6.07, 6.45) is 5.57. The highest BCUT2D eigenvalue weighted by Gasteiger charge is 2.26. The lowest BCUT2D eigenvalue weighted by molar-refractivity contribution is 0.431. The molecule has 2 aliphatic heterocycles. The van der Waals surface area contributed by atoms with E-state index in [1.807, 2.05) is 6.20 Å². The molecule has 4 rings (SSSR count). The monoisotopic (exact) mass is 268 g/mol. The van der Waals surface area contributed by atoms with Gasteiger partial charge in [-0.3, -0.25) is 0 Å². The molecule has 0 spiro atoms. The molecule has 4 nitrogen and oxygen atoms in total. The molecule has 1 unspecified atom stereocenters. The van der Waals surface area contributed by atoms with Gasteiger partial charge >= 0.3 is 0 Å². The van der Waals surface area contributed by atoms with Crippen LogP contribution in [0.2, 0.25) is 0 Å². The van der Waals surface area contributed by atoms with Gasteiger partial charge in [0, 0.05) is 41.8 Å². The minimum absolute atomic E-state index is 0.608. The van der Waals surface area contributed by atoms with Gasteiger partial charge in [0.15, 0.2) is 0 Å². The van der Waals surface area contributed by atoms with Crippen molar-refractivity contribution in [1.82, 2.24) is 10.3 Å². The second kappa shape index (κ2) is 4.63. The number of aromatic nitrogens is 1. The van der Waals surface area contributed by atoms with Crippen LogP contribution in [0.3, 0.4) is 0 Å². The molecule has 2 aliphatic rings.